The maximum absolute atomic E-state index is 15.4. The SMILES string of the molecule is COc1ccc(C2=CN3C(=O)c4cc(OC)c(OCCCOc5cc6c(cc5OC)C(=O)N5C=C(c7ccc(OCCOCCOCCOCCOCCOCCOS(C)(=O)=O)nc7)CC5C(O[Si](C)(C)C(C)(C)C)N6C(=O)OCC(Cl)(Cl)Cl)cc4N(C(=O)OCC(Cl)(Cl)Cl)C(O[Si](C)(C)C(C)(C)C)C3C2)cc1. The lowest BCUT2D eigenvalue weighted by molar-refractivity contribution is -0.0141. The largest absolute Gasteiger partial charge is 0.497 e. The van der Waals surface area contributed by atoms with E-state index in [0.717, 1.165) is 17.4 Å². The predicted molar refractivity (Wildman–Crippen MR) is 417 cm³/mol. The Bertz CT molecular complexity index is 3920. The monoisotopic (exact) mass is 1680 g/mol. The van der Waals surface area contributed by atoms with E-state index in [2.05, 4.69) is 50.7 Å². The zero-order valence-corrected chi connectivity index (χ0v) is 70.5. The standard InChI is InChI=1S/C72H97Cl6N5O22SSi2/c1-69(2,3)107(11,12)104-65-56-36-49(47-16-19-51(90-7)20-17-47)43-80(56)63(84)52-38-58(91-8)60(40-54(52)82(65)67(86)101-45-71(73,74)75)98-22-15-23-99-61-41-55-53(39-59(61)92-9)64(85)81-44-50(37-57(81)66(105-108(13,14)70(4,5)6)83(55)68(87)102-46-72(76,77)78)48-18-21-62(79-42-48)100-34-32-96-30-28-94-26-24-93-25-27-95-29-31-97-33-35-103-106(10,88)89/h16-21,38-44,56-57,65-66H,15,22-37,45-46H2,1-14H3. The number of carbonyl (C=O) groups is 4. The smallest absolute Gasteiger partial charge is 0.416 e. The summed E-state index contributed by atoms with van der Waals surface area (Å²) >= 11 is 37.3. The molecule has 27 nitrogen and oxygen atoms in total. The molecule has 0 aliphatic carbocycles. The van der Waals surface area contributed by atoms with E-state index < -0.39 is 101 Å². The molecular formula is C72H97Cl6N5O22SSi2. The minimum Gasteiger partial charge on any atom is -0.497 e. The van der Waals surface area contributed by atoms with Crippen LogP contribution in [0.5, 0.6) is 34.6 Å². The van der Waals surface area contributed by atoms with Crippen molar-refractivity contribution in [2.75, 3.05) is 143 Å². The van der Waals surface area contributed by atoms with Crippen molar-refractivity contribution in [3.63, 3.8) is 0 Å². The van der Waals surface area contributed by atoms with Crippen molar-refractivity contribution in [1.29, 1.82) is 0 Å². The van der Waals surface area contributed by atoms with Crippen molar-refractivity contribution in [2.24, 2.45) is 0 Å². The van der Waals surface area contributed by atoms with Gasteiger partial charge < -0.3 is 80.2 Å². The van der Waals surface area contributed by atoms with Gasteiger partial charge in [0.2, 0.25) is 13.5 Å². The molecule has 8 rings (SSSR count). The summed E-state index contributed by atoms with van der Waals surface area (Å²) < 4.78 is 112. The van der Waals surface area contributed by atoms with Gasteiger partial charge in [-0.2, -0.15) is 8.42 Å². The van der Waals surface area contributed by atoms with Gasteiger partial charge in [0.05, 0.1) is 148 Å². The van der Waals surface area contributed by atoms with Gasteiger partial charge in [0.25, 0.3) is 21.9 Å². The Morgan fingerprint density at radius 3 is 1.26 bits per heavy atom. The molecule has 5 heterocycles. The van der Waals surface area contributed by atoms with Crippen LogP contribution in [-0.4, -0.2) is 229 Å². The van der Waals surface area contributed by atoms with E-state index in [1.54, 1.807) is 41.6 Å². The molecule has 0 fully saturated rings. The number of aromatic nitrogens is 1. The Morgan fingerprint density at radius 2 is 0.898 bits per heavy atom. The van der Waals surface area contributed by atoms with Crippen LogP contribution in [0.25, 0.3) is 11.1 Å². The second kappa shape index (κ2) is 38.3. The van der Waals surface area contributed by atoms with Crippen molar-refractivity contribution < 1.29 is 102 Å². The first kappa shape index (κ1) is 87.9. The highest BCUT2D eigenvalue weighted by molar-refractivity contribution is 7.86. The summed E-state index contributed by atoms with van der Waals surface area (Å²) in [5.41, 5.74) is 3.25. The molecule has 0 bridgehead atoms. The molecule has 4 amide bonds. The number of pyridine rings is 1. The van der Waals surface area contributed by atoms with Crippen LogP contribution >= 0.6 is 69.6 Å². The van der Waals surface area contributed by atoms with Gasteiger partial charge >= 0.3 is 12.2 Å². The van der Waals surface area contributed by atoms with Gasteiger partial charge in [-0.15, -0.1) is 0 Å². The molecule has 3 aromatic carbocycles. The molecule has 4 unspecified atom stereocenters. The number of halogens is 6. The van der Waals surface area contributed by atoms with Crippen molar-refractivity contribution >= 4 is 143 Å². The van der Waals surface area contributed by atoms with Crippen LogP contribution in [0, 0.1) is 0 Å². The number of ether oxygens (including phenoxy) is 13. The molecule has 4 aromatic rings. The minimum absolute atomic E-state index is 0.0313. The van der Waals surface area contributed by atoms with Crippen molar-refractivity contribution in [3.05, 3.63) is 102 Å². The van der Waals surface area contributed by atoms with Crippen LogP contribution in [-0.2, 0) is 56.3 Å². The first-order chi connectivity index (χ1) is 50.7. The first-order valence-electron chi connectivity index (χ1n) is 34.9. The second-order valence-electron chi connectivity index (χ2n) is 28.5. The Labute approximate surface area is 663 Å². The molecule has 36 heteroatoms. The third-order valence-corrected chi connectivity index (χ3v) is 28.9. The highest BCUT2D eigenvalue weighted by Crippen LogP contribution is 2.50. The summed E-state index contributed by atoms with van der Waals surface area (Å²) in [5.74, 6) is 0.586. The third-order valence-electron chi connectivity index (χ3n) is 18.8. The fraction of sp³-hybridized carbons (Fsp3) is 0.569. The van der Waals surface area contributed by atoms with E-state index in [1.807, 2.05) is 56.5 Å². The molecule has 0 spiro atoms. The van der Waals surface area contributed by atoms with Crippen LogP contribution in [0.2, 0.25) is 36.3 Å². The summed E-state index contributed by atoms with van der Waals surface area (Å²) in [5, 5.41) is -0.793. The van der Waals surface area contributed by atoms with Gasteiger partial charge in [-0.25, -0.2) is 24.4 Å². The first-order valence-corrected chi connectivity index (χ1v) is 44.8. The maximum Gasteiger partial charge on any atom is 0.416 e. The van der Waals surface area contributed by atoms with Gasteiger partial charge in [-0.1, -0.05) is 123 Å². The van der Waals surface area contributed by atoms with Crippen LogP contribution in [0.15, 0.2) is 79.3 Å². The Balaban J connectivity index is 0.985. The number of nitrogens with zero attached hydrogens (tertiary/aromatic N) is 5. The van der Waals surface area contributed by atoms with E-state index >= 15 is 14.4 Å². The molecule has 4 atom stereocenters. The second-order valence-corrected chi connectivity index (χ2v) is 44.7. The molecule has 4 aliphatic heterocycles. The van der Waals surface area contributed by atoms with Crippen molar-refractivity contribution in [1.82, 2.24) is 14.8 Å². The molecule has 1 aromatic heterocycles. The number of hydrogen-bond donors (Lipinski definition) is 0. The number of rotatable bonds is 37. The number of alkyl halides is 6. The van der Waals surface area contributed by atoms with Crippen molar-refractivity contribution in [2.45, 2.75) is 129 Å². The molecule has 108 heavy (non-hydrogen) atoms. The van der Waals surface area contributed by atoms with Gasteiger partial charge in [-0.05, 0) is 102 Å². The number of amides is 4. The average Bonchev–Trinajstić information content (AvgIpc) is 1.58. The van der Waals surface area contributed by atoms with E-state index in [-0.39, 0.29) is 109 Å². The van der Waals surface area contributed by atoms with Crippen LogP contribution < -0.4 is 38.2 Å². The molecular weight excluding hydrogens is 1590 g/mol. The Kier molecular flexibility index (Phi) is 31.2. The zero-order chi connectivity index (χ0) is 79.2. The maximum atomic E-state index is 15.4. The molecule has 0 radical (unpaired) electrons. The van der Waals surface area contributed by atoms with Crippen LogP contribution in [0.3, 0.4) is 0 Å². The molecule has 0 N–H and O–H groups in total. The summed E-state index contributed by atoms with van der Waals surface area (Å²) in [6, 6.07) is 15.4. The Morgan fingerprint density at radius 1 is 0.509 bits per heavy atom. The average molecular weight is 1690 g/mol. The Hall–Kier alpha value is -5.63. The quantitative estimate of drug-likeness (QED) is 0.0175. The molecule has 4 aliphatic rings. The normalized spacial score (nSPS) is 17.8. The van der Waals surface area contributed by atoms with Crippen LogP contribution in [0.1, 0.15) is 92.6 Å². The fourth-order valence-electron chi connectivity index (χ4n) is 11.2. The summed E-state index contributed by atoms with van der Waals surface area (Å²) in [6.45, 7) is 22.4. The molecule has 0 saturated heterocycles. The van der Waals surface area contributed by atoms with Gasteiger partial charge in [0.15, 0.2) is 52.1 Å². The lowest BCUT2D eigenvalue weighted by Gasteiger charge is -2.44. The van der Waals surface area contributed by atoms with Crippen LogP contribution in [0.4, 0.5) is 21.0 Å². The number of hydrogen-bond acceptors (Lipinski definition) is 23. The van der Waals surface area contributed by atoms with Crippen molar-refractivity contribution in [3.8, 4) is 34.6 Å². The summed E-state index contributed by atoms with van der Waals surface area (Å²) in [4.78, 5) is 70.8. The number of methoxy groups -OCH3 is 3. The van der Waals surface area contributed by atoms with Gasteiger partial charge in [0.1, 0.15) is 25.6 Å². The van der Waals surface area contributed by atoms with E-state index in [0.29, 0.717) is 75.6 Å². The van der Waals surface area contributed by atoms with E-state index in [9.17, 15) is 13.2 Å². The lowest BCUT2D eigenvalue weighted by Crippen LogP contribution is -2.58. The molecule has 598 valence electrons. The molecule has 0 saturated carbocycles. The highest BCUT2D eigenvalue weighted by Gasteiger charge is 2.54. The number of carbonyl (C=O) groups excluding carboxylic acids is 4. The number of fused-ring (bicyclic) bond motifs is 4. The third kappa shape index (κ3) is 24.0. The topological polar surface area (TPSA) is 276 Å². The summed E-state index contributed by atoms with van der Waals surface area (Å²) in [7, 11) is -4.81. The highest BCUT2D eigenvalue weighted by atomic mass is 35.6. The number of anilines is 2. The lowest BCUT2D eigenvalue weighted by atomic mass is 10.0. The summed E-state index contributed by atoms with van der Waals surface area (Å²) in [6.07, 6.45) is 2.47. The van der Waals surface area contributed by atoms with E-state index in [1.165, 1.54) is 48.3 Å². The zero-order valence-electron chi connectivity index (χ0n) is 63.1. The fourth-order valence-corrected chi connectivity index (χ4v) is 14.3. The van der Waals surface area contributed by atoms with Gasteiger partial charge in [-0.3, -0.25) is 13.8 Å². The van der Waals surface area contributed by atoms with Gasteiger partial charge in [0, 0.05) is 43.2 Å². The van der Waals surface area contributed by atoms with E-state index in [4.69, 9.17) is 140 Å². The minimum atomic E-state index is -3.50. The number of benzene rings is 3. The predicted octanol–water partition coefficient (Wildman–Crippen LogP) is 14.3.